The maximum Gasteiger partial charge on any atom is 0.240 e. The molecule has 120 valence electrons. The lowest BCUT2D eigenvalue weighted by molar-refractivity contribution is 0.263. The van der Waals surface area contributed by atoms with Gasteiger partial charge in [0, 0.05) is 18.7 Å². The van der Waals surface area contributed by atoms with Gasteiger partial charge in [-0.05, 0) is 36.6 Å². The number of hydrogen-bond acceptors (Lipinski definition) is 3. The molecule has 0 aliphatic rings. The lowest BCUT2D eigenvalue weighted by Gasteiger charge is -2.27. The van der Waals surface area contributed by atoms with Crippen LogP contribution < -0.4 is 10.0 Å². The van der Waals surface area contributed by atoms with Gasteiger partial charge in [0.1, 0.15) is 5.82 Å². The molecule has 1 aromatic rings. The average molecular weight is 316 g/mol. The van der Waals surface area contributed by atoms with Gasteiger partial charge < -0.3 is 5.32 Å². The molecule has 0 fully saturated rings. The SMILES string of the molecule is CNCc1cc(S(=O)(=O)NCC(C)C(C)(C)C)ccc1F. The summed E-state index contributed by atoms with van der Waals surface area (Å²) in [5, 5.41) is 2.82. The smallest absolute Gasteiger partial charge is 0.240 e. The molecule has 0 radical (unpaired) electrons. The quantitative estimate of drug-likeness (QED) is 0.848. The number of nitrogens with one attached hydrogen (secondary N) is 2. The Morgan fingerprint density at radius 2 is 1.90 bits per heavy atom. The zero-order valence-electron chi connectivity index (χ0n) is 13.3. The second-order valence-electron chi connectivity index (χ2n) is 6.40. The highest BCUT2D eigenvalue weighted by Crippen LogP contribution is 2.25. The van der Waals surface area contributed by atoms with E-state index in [4.69, 9.17) is 0 Å². The number of halogens is 1. The fourth-order valence-corrected chi connectivity index (χ4v) is 2.85. The van der Waals surface area contributed by atoms with Crippen LogP contribution in [0.1, 0.15) is 33.3 Å². The second-order valence-corrected chi connectivity index (χ2v) is 8.17. The van der Waals surface area contributed by atoms with E-state index in [1.807, 2.05) is 6.92 Å². The normalized spacial score (nSPS) is 14.2. The zero-order valence-corrected chi connectivity index (χ0v) is 14.1. The summed E-state index contributed by atoms with van der Waals surface area (Å²) in [5.41, 5.74) is 0.354. The summed E-state index contributed by atoms with van der Waals surface area (Å²) in [6, 6.07) is 3.85. The third kappa shape index (κ3) is 5.05. The zero-order chi connectivity index (χ0) is 16.3. The van der Waals surface area contributed by atoms with E-state index in [0.717, 1.165) is 0 Å². The van der Waals surface area contributed by atoms with Gasteiger partial charge in [-0.15, -0.1) is 0 Å². The van der Waals surface area contributed by atoms with Gasteiger partial charge >= 0.3 is 0 Å². The van der Waals surface area contributed by atoms with Crippen LogP contribution in [-0.2, 0) is 16.6 Å². The summed E-state index contributed by atoms with van der Waals surface area (Å²) in [7, 11) is -1.93. The van der Waals surface area contributed by atoms with Gasteiger partial charge in [0.25, 0.3) is 0 Å². The van der Waals surface area contributed by atoms with Gasteiger partial charge in [0.15, 0.2) is 0 Å². The van der Waals surface area contributed by atoms with Gasteiger partial charge in [0.2, 0.25) is 10.0 Å². The van der Waals surface area contributed by atoms with Gasteiger partial charge in [-0.25, -0.2) is 17.5 Å². The van der Waals surface area contributed by atoms with Crippen LogP contribution in [0, 0.1) is 17.2 Å². The molecule has 1 atom stereocenters. The Bertz CT molecular complexity index is 580. The van der Waals surface area contributed by atoms with Crippen LogP contribution in [-0.4, -0.2) is 22.0 Å². The van der Waals surface area contributed by atoms with Crippen LogP contribution >= 0.6 is 0 Å². The summed E-state index contributed by atoms with van der Waals surface area (Å²) in [4.78, 5) is 0.0928. The van der Waals surface area contributed by atoms with Crippen molar-refractivity contribution >= 4 is 10.0 Å². The van der Waals surface area contributed by atoms with E-state index in [1.165, 1.54) is 18.2 Å². The van der Waals surface area contributed by atoms with Crippen molar-refractivity contribution in [2.75, 3.05) is 13.6 Å². The fraction of sp³-hybridized carbons (Fsp3) is 0.600. The van der Waals surface area contributed by atoms with Crippen molar-refractivity contribution in [3.05, 3.63) is 29.6 Å². The monoisotopic (exact) mass is 316 g/mol. The second kappa shape index (κ2) is 6.85. The molecule has 0 aliphatic heterocycles. The number of benzene rings is 1. The van der Waals surface area contributed by atoms with Crippen molar-refractivity contribution in [3.63, 3.8) is 0 Å². The van der Waals surface area contributed by atoms with Gasteiger partial charge in [-0.1, -0.05) is 27.7 Å². The van der Waals surface area contributed by atoms with Crippen LogP contribution in [0.5, 0.6) is 0 Å². The molecule has 1 aromatic carbocycles. The molecule has 21 heavy (non-hydrogen) atoms. The van der Waals surface area contributed by atoms with Gasteiger partial charge in [-0.2, -0.15) is 0 Å². The number of hydrogen-bond donors (Lipinski definition) is 2. The molecule has 0 aromatic heterocycles. The third-order valence-corrected chi connectivity index (χ3v) is 5.17. The molecule has 0 heterocycles. The Kier molecular flexibility index (Phi) is 5.90. The van der Waals surface area contributed by atoms with Gasteiger partial charge in [0.05, 0.1) is 4.90 Å². The Morgan fingerprint density at radius 3 is 2.43 bits per heavy atom. The van der Waals surface area contributed by atoms with Crippen molar-refractivity contribution in [1.29, 1.82) is 0 Å². The molecule has 2 N–H and O–H groups in total. The van der Waals surface area contributed by atoms with E-state index in [-0.39, 0.29) is 22.8 Å². The molecule has 4 nitrogen and oxygen atoms in total. The topological polar surface area (TPSA) is 58.2 Å². The third-order valence-electron chi connectivity index (χ3n) is 3.75. The molecule has 0 saturated heterocycles. The van der Waals surface area contributed by atoms with E-state index in [1.54, 1.807) is 7.05 Å². The van der Waals surface area contributed by atoms with Crippen molar-refractivity contribution in [2.24, 2.45) is 11.3 Å². The summed E-state index contributed by atoms with van der Waals surface area (Å²) in [6.45, 7) is 8.83. The van der Waals surface area contributed by atoms with E-state index in [2.05, 4.69) is 30.8 Å². The van der Waals surface area contributed by atoms with E-state index in [0.29, 0.717) is 12.1 Å². The van der Waals surface area contributed by atoms with Crippen LogP contribution in [0.15, 0.2) is 23.1 Å². The maximum absolute atomic E-state index is 13.6. The predicted molar refractivity (Wildman–Crippen MR) is 83.0 cm³/mol. The highest BCUT2D eigenvalue weighted by Gasteiger charge is 2.23. The minimum atomic E-state index is -3.62. The first kappa shape index (κ1) is 18.1. The van der Waals surface area contributed by atoms with Crippen molar-refractivity contribution in [1.82, 2.24) is 10.0 Å². The van der Waals surface area contributed by atoms with Crippen LogP contribution in [0.2, 0.25) is 0 Å². The number of rotatable bonds is 6. The van der Waals surface area contributed by atoms with E-state index in [9.17, 15) is 12.8 Å². The van der Waals surface area contributed by atoms with Crippen molar-refractivity contribution in [2.45, 2.75) is 39.1 Å². The van der Waals surface area contributed by atoms with Crippen LogP contribution in [0.25, 0.3) is 0 Å². The molecule has 0 saturated carbocycles. The molecule has 6 heteroatoms. The molecule has 0 bridgehead atoms. The molecular formula is C15H25FN2O2S. The molecule has 0 spiro atoms. The lowest BCUT2D eigenvalue weighted by Crippen LogP contribution is -2.33. The first-order chi connectivity index (χ1) is 9.58. The molecule has 1 unspecified atom stereocenters. The summed E-state index contributed by atoms with van der Waals surface area (Å²) >= 11 is 0. The lowest BCUT2D eigenvalue weighted by atomic mass is 9.82. The average Bonchev–Trinajstić information content (AvgIpc) is 2.37. The predicted octanol–water partition coefficient (Wildman–Crippen LogP) is 2.51. The molecule has 1 rings (SSSR count). The summed E-state index contributed by atoms with van der Waals surface area (Å²) < 4.78 is 40.7. The van der Waals surface area contributed by atoms with E-state index >= 15 is 0 Å². The number of sulfonamides is 1. The van der Waals surface area contributed by atoms with Crippen LogP contribution in [0.3, 0.4) is 0 Å². The van der Waals surface area contributed by atoms with Gasteiger partial charge in [-0.3, -0.25) is 0 Å². The van der Waals surface area contributed by atoms with E-state index < -0.39 is 15.8 Å². The Balaban J connectivity index is 2.91. The maximum atomic E-state index is 13.6. The minimum absolute atomic E-state index is 0.0165. The summed E-state index contributed by atoms with van der Waals surface area (Å²) in [6.07, 6.45) is 0. The minimum Gasteiger partial charge on any atom is -0.316 e. The Morgan fingerprint density at radius 1 is 1.29 bits per heavy atom. The highest BCUT2D eigenvalue weighted by atomic mass is 32.2. The molecular weight excluding hydrogens is 291 g/mol. The largest absolute Gasteiger partial charge is 0.316 e. The fourth-order valence-electron chi connectivity index (χ4n) is 1.67. The molecule has 0 aliphatic carbocycles. The van der Waals surface area contributed by atoms with Crippen LogP contribution in [0.4, 0.5) is 4.39 Å². The first-order valence-corrected chi connectivity index (χ1v) is 8.49. The molecule has 0 amide bonds. The Hall–Kier alpha value is -0.980. The highest BCUT2D eigenvalue weighted by molar-refractivity contribution is 7.89. The standard InChI is InChI=1S/C15H25FN2O2S/c1-11(15(2,3)4)9-18-21(19,20)13-6-7-14(16)12(8-13)10-17-5/h6-8,11,17-18H,9-10H2,1-5H3. The first-order valence-electron chi connectivity index (χ1n) is 7.00. The van der Waals surface area contributed by atoms with Crippen molar-refractivity contribution < 1.29 is 12.8 Å². The summed E-state index contributed by atoms with van der Waals surface area (Å²) in [5.74, 6) is -0.226. The van der Waals surface area contributed by atoms with Crippen molar-refractivity contribution in [3.8, 4) is 0 Å². The Labute approximate surface area is 127 Å².